The van der Waals surface area contributed by atoms with E-state index in [4.69, 9.17) is 4.55 Å². The fourth-order valence-electron chi connectivity index (χ4n) is 0.258. The minimum Gasteiger partial charge on any atom is -0.286 e. The van der Waals surface area contributed by atoms with Crippen molar-refractivity contribution in [1.29, 1.82) is 0 Å². The van der Waals surface area contributed by atoms with Crippen LogP contribution in [0.25, 0.3) is 0 Å². The highest BCUT2D eigenvalue weighted by atomic mass is 32.2. The molecule has 0 aromatic rings. The van der Waals surface area contributed by atoms with Gasteiger partial charge in [0, 0.05) is 1.43 Å². The Kier molecular flexibility index (Phi) is 2.25. The molecule has 0 aromatic heterocycles. The zero-order chi connectivity index (χ0) is 5.91. The molecule has 0 radical (unpaired) electrons. The first-order chi connectivity index (χ1) is 3.06. The molecule has 7 heavy (non-hydrogen) atoms. The molecule has 0 aliphatic carbocycles. The van der Waals surface area contributed by atoms with Crippen molar-refractivity contribution in [1.82, 2.24) is 0 Å². The number of hydrogen-bond donors (Lipinski definition) is 1. The molecule has 4 heteroatoms. The summed E-state index contributed by atoms with van der Waals surface area (Å²) in [5, 5.41) is 0. The van der Waals surface area contributed by atoms with Gasteiger partial charge >= 0.3 is 0 Å². The molecule has 0 heterocycles. The summed E-state index contributed by atoms with van der Waals surface area (Å²) in [6, 6.07) is 0. The summed E-state index contributed by atoms with van der Waals surface area (Å²) in [5.41, 5.74) is 0. The van der Waals surface area contributed by atoms with Crippen LogP contribution in [0.2, 0.25) is 0 Å². The van der Waals surface area contributed by atoms with Crippen LogP contribution in [0.5, 0.6) is 0 Å². The van der Waals surface area contributed by atoms with E-state index in [2.05, 4.69) is 0 Å². The minimum atomic E-state index is -3.67. The third-order valence-electron chi connectivity index (χ3n) is 0.462. The largest absolute Gasteiger partial charge is 0.286 e. The molecule has 0 saturated carbocycles. The first-order valence-electron chi connectivity index (χ1n) is 2.01. The molecule has 46 valence electrons. The monoisotopic (exact) mass is 127 g/mol. The number of hydrogen-bond acceptors (Lipinski definition) is 2. The predicted octanol–water partition coefficient (Wildman–Crippen LogP) is 0.530. The maximum Gasteiger partial charge on any atom is 0.264 e. The molecular formula is C3H10O3S. The van der Waals surface area contributed by atoms with Crippen LogP contribution in [0, 0.1) is 0 Å². The Morgan fingerprint density at radius 2 is 2.14 bits per heavy atom. The van der Waals surface area contributed by atoms with E-state index >= 15 is 0 Å². The van der Waals surface area contributed by atoms with Crippen LogP contribution in [0.4, 0.5) is 0 Å². The first kappa shape index (κ1) is 6.91. The van der Waals surface area contributed by atoms with E-state index < -0.39 is 10.1 Å². The number of rotatable bonds is 2. The molecule has 0 saturated heterocycles. The third-order valence-corrected chi connectivity index (χ3v) is 1.39. The summed E-state index contributed by atoms with van der Waals surface area (Å²) in [4.78, 5) is 0. The molecular weight excluding hydrogens is 116 g/mol. The summed E-state index contributed by atoms with van der Waals surface area (Å²) in [7, 11) is -3.67. The van der Waals surface area contributed by atoms with Crippen LogP contribution >= 0.6 is 0 Å². The summed E-state index contributed by atoms with van der Waals surface area (Å²) >= 11 is 0. The Morgan fingerprint density at radius 1 is 1.71 bits per heavy atom. The van der Waals surface area contributed by atoms with E-state index in [0.717, 1.165) is 0 Å². The van der Waals surface area contributed by atoms with Crippen LogP contribution in [0.1, 0.15) is 14.8 Å². The van der Waals surface area contributed by atoms with Gasteiger partial charge in [-0.05, 0) is 6.42 Å². The molecule has 0 aliphatic heterocycles. The summed E-state index contributed by atoms with van der Waals surface area (Å²) in [6.07, 6.45) is 0.471. The average molecular weight is 127 g/mol. The Hall–Kier alpha value is -0.0900. The maximum atomic E-state index is 9.79. The van der Waals surface area contributed by atoms with Crippen molar-refractivity contribution in [3.8, 4) is 0 Å². The Labute approximate surface area is 44.6 Å². The van der Waals surface area contributed by atoms with Gasteiger partial charge in [0.15, 0.2) is 0 Å². The van der Waals surface area contributed by atoms with Gasteiger partial charge in [-0.15, -0.1) is 0 Å². The highest BCUT2D eigenvalue weighted by Gasteiger charge is 1.98. The van der Waals surface area contributed by atoms with Gasteiger partial charge in [-0.25, -0.2) is 0 Å². The standard InChI is InChI=1S/C3H8O3S.H2/c1-2-3-7(4,5)6;/h2-3H2,1H3,(H,4,5,6);1H/i;1+1. The Morgan fingerprint density at radius 3 is 2.14 bits per heavy atom. The fraction of sp³-hybridized carbons (Fsp3) is 1.00. The molecule has 0 amide bonds. The topological polar surface area (TPSA) is 54.4 Å². The maximum absolute atomic E-state index is 9.79. The lowest BCUT2D eigenvalue weighted by molar-refractivity contribution is 0.482. The van der Waals surface area contributed by atoms with Crippen LogP contribution in [-0.2, 0) is 10.1 Å². The van der Waals surface area contributed by atoms with Crippen LogP contribution in [0.3, 0.4) is 0 Å². The molecule has 0 aliphatic rings. The van der Waals surface area contributed by atoms with E-state index in [9.17, 15) is 8.42 Å². The molecule has 0 aromatic carbocycles. The highest BCUT2D eigenvalue weighted by molar-refractivity contribution is 7.85. The second-order valence-electron chi connectivity index (χ2n) is 1.29. The van der Waals surface area contributed by atoms with E-state index in [1.807, 2.05) is 0 Å². The van der Waals surface area contributed by atoms with Crippen molar-refractivity contribution in [2.75, 3.05) is 5.75 Å². The van der Waals surface area contributed by atoms with Crippen LogP contribution in [-0.4, -0.2) is 18.7 Å². The third kappa shape index (κ3) is 5.91. The molecule has 3 nitrogen and oxygen atoms in total. The normalized spacial score (nSPS) is 11.7. The average Bonchev–Trinajstić information content (AvgIpc) is 1.30. The quantitative estimate of drug-likeness (QED) is 0.550. The van der Waals surface area contributed by atoms with Gasteiger partial charge in [-0.2, -0.15) is 8.42 Å². The zero-order valence-electron chi connectivity index (χ0n) is 4.09. The second kappa shape index (κ2) is 2.28. The van der Waals surface area contributed by atoms with E-state index in [-0.39, 0.29) is 7.18 Å². The SMILES string of the molecule is CCCS(=O)(=O)O.[2HH]. The molecule has 0 fully saturated rings. The van der Waals surface area contributed by atoms with Gasteiger partial charge in [-0.3, -0.25) is 4.55 Å². The van der Waals surface area contributed by atoms with Gasteiger partial charge in [0.25, 0.3) is 10.1 Å². The van der Waals surface area contributed by atoms with Gasteiger partial charge in [0.1, 0.15) is 0 Å². The molecule has 1 N–H and O–H groups in total. The lowest BCUT2D eigenvalue weighted by Crippen LogP contribution is -2.01. The lowest BCUT2D eigenvalue weighted by atomic mass is 10.6. The Balaban J connectivity index is 0. The smallest absolute Gasteiger partial charge is 0.264 e. The second-order valence-corrected chi connectivity index (χ2v) is 2.86. The van der Waals surface area contributed by atoms with Gasteiger partial charge in [0.05, 0.1) is 5.75 Å². The summed E-state index contributed by atoms with van der Waals surface area (Å²) in [5.74, 6) is -0.132. The summed E-state index contributed by atoms with van der Waals surface area (Å²) < 4.78 is 27.6. The van der Waals surface area contributed by atoms with E-state index in [0.29, 0.717) is 6.42 Å². The predicted molar refractivity (Wildman–Crippen MR) is 28.8 cm³/mol. The van der Waals surface area contributed by atoms with Crippen molar-refractivity contribution in [2.45, 2.75) is 13.3 Å². The van der Waals surface area contributed by atoms with Crippen molar-refractivity contribution in [3.63, 3.8) is 0 Å². The van der Waals surface area contributed by atoms with Gasteiger partial charge in [0.2, 0.25) is 0 Å². The highest BCUT2D eigenvalue weighted by Crippen LogP contribution is 1.83. The van der Waals surface area contributed by atoms with Gasteiger partial charge < -0.3 is 0 Å². The van der Waals surface area contributed by atoms with E-state index in [1.165, 1.54) is 0 Å². The van der Waals surface area contributed by atoms with Crippen molar-refractivity contribution < 1.29 is 14.4 Å². The molecule has 0 atom stereocenters. The fourth-order valence-corrected chi connectivity index (χ4v) is 0.774. The van der Waals surface area contributed by atoms with Crippen LogP contribution < -0.4 is 0 Å². The molecule has 0 spiro atoms. The lowest BCUT2D eigenvalue weighted by Gasteiger charge is -1.85. The minimum absolute atomic E-state index is 0. The molecule has 0 rings (SSSR count). The van der Waals surface area contributed by atoms with Gasteiger partial charge in [-0.1, -0.05) is 6.92 Å². The zero-order valence-corrected chi connectivity index (χ0v) is 4.90. The van der Waals surface area contributed by atoms with Crippen molar-refractivity contribution in [3.05, 3.63) is 0 Å². The Bertz CT molecular complexity index is 127. The van der Waals surface area contributed by atoms with E-state index in [1.54, 1.807) is 6.92 Å². The molecule has 0 bridgehead atoms. The van der Waals surface area contributed by atoms with Crippen molar-refractivity contribution >= 4 is 10.1 Å². The first-order valence-corrected chi connectivity index (χ1v) is 3.62. The summed E-state index contributed by atoms with van der Waals surface area (Å²) in [6.45, 7) is 1.69. The molecule has 0 unspecified atom stereocenters. The van der Waals surface area contributed by atoms with Crippen LogP contribution in [0.15, 0.2) is 0 Å². The van der Waals surface area contributed by atoms with Crippen molar-refractivity contribution in [2.24, 2.45) is 0 Å².